The second-order valence-corrected chi connectivity index (χ2v) is 8.89. The minimum Gasteiger partial charge on any atom is -0.322 e. The summed E-state index contributed by atoms with van der Waals surface area (Å²) < 4.78 is 28.2. The number of unbranched alkanes of at least 4 members (excludes halogenated alkanes) is 1. The van der Waals surface area contributed by atoms with E-state index in [0.29, 0.717) is 22.5 Å². The number of hydrogen-bond donors (Lipinski definition) is 2. The normalized spacial score (nSPS) is 11.1. The van der Waals surface area contributed by atoms with Gasteiger partial charge >= 0.3 is 0 Å². The summed E-state index contributed by atoms with van der Waals surface area (Å²) in [4.78, 5) is 12.5. The second-order valence-electron chi connectivity index (χ2n) is 7.20. The molecule has 0 spiro atoms. The summed E-state index contributed by atoms with van der Waals surface area (Å²) in [5.41, 5.74) is 3.49. The number of benzene rings is 3. The van der Waals surface area contributed by atoms with Crippen LogP contribution in [-0.2, 0) is 16.4 Å². The second kappa shape index (κ2) is 9.59. The van der Waals surface area contributed by atoms with Crippen molar-refractivity contribution >= 4 is 27.3 Å². The number of hydrogen-bond acceptors (Lipinski definition) is 3. The predicted molar refractivity (Wildman–Crippen MR) is 121 cm³/mol. The maximum absolute atomic E-state index is 12.8. The molecule has 0 bridgehead atoms. The molecule has 5 nitrogen and oxygen atoms in total. The molecule has 1 amide bonds. The molecule has 0 heterocycles. The number of aryl methyl sites for hydroxylation is 2. The Morgan fingerprint density at radius 3 is 2.27 bits per heavy atom. The highest BCUT2D eigenvalue weighted by molar-refractivity contribution is 7.92. The fourth-order valence-electron chi connectivity index (χ4n) is 3.06. The Labute approximate surface area is 178 Å². The number of anilines is 2. The van der Waals surface area contributed by atoms with Crippen molar-refractivity contribution in [3.8, 4) is 0 Å². The van der Waals surface area contributed by atoms with Gasteiger partial charge in [0, 0.05) is 16.9 Å². The lowest BCUT2D eigenvalue weighted by molar-refractivity contribution is 0.102. The summed E-state index contributed by atoms with van der Waals surface area (Å²) in [7, 11) is -3.73. The summed E-state index contributed by atoms with van der Waals surface area (Å²) in [5, 5.41) is 2.82. The highest BCUT2D eigenvalue weighted by Gasteiger charge is 2.16. The topological polar surface area (TPSA) is 75.3 Å². The first kappa shape index (κ1) is 21.6. The van der Waals surface area contributed by atoms with Crippen molar-refractivity contribution in [1.29, 1.82) is 0 Å². The van der Waals surface area contributed by atoms with Gasteiger partial charge in [-0.1, -0.05) is 43.7 Å². The largest absolute Gasteiger partial charge is 0.322 e. The first-order chi connectivity index (χ1) is 14.4. The van der Waals surface area contributed by atoms with Crippen LogP contribution in [0.5, 0.6) is 0 Å². The van der Waals surface area contributed by atoms with Gasteiger partial charge in [-0.3, -0.25) is 9.52 Å². The number of amides is 1. The molecule has 3 rings (SSSR count). The third-order valence-electron chi connectivity index (χ3n) is 4.82. The first-order valence-electron chi connectivity index (χ1n) is 9.98. The Hall–Kier alpha value is -3.12. The maximum atomic E-state index is 12.8. The van der Waals surface area contributed by atoms with Crippen LogP contribution in [0.1, 0.15) is 41.3 Å². The van der Waals surface area contributed by atoms with Gasteiger partial charge in [0.15, 0.2) is 0 Å². The van der Waals surface area contributed by atoms with Crippen LogP contribution in [0.2, 0.25) is 0 Å². The maximum Gasteiger partial charge on any atom is 0.261 e. The van der Waals surface area contributed by atoms with Gasteiger partial charge in [-0.15, -0.1) is 0 Å². The molecule has 0 unspecified atom stereocenters. The van der Waals surface area contributed by atoms with Crippen molar-refractivity contribution in [2.45, 2.75) is 38.0 Å². The van der Waals surface area contributed by atoms with Crippen molar-refractivity contribution in [2.75, 3.05) is 10.0 Å². The molecule has 2 N–H and O–H groups in total. The Morgan fingerprint density at radius 2 is 1.63 bits per heavy atom. The van der Waals surface area contributed by atoms with E-state index in [-0.39, 0.29) is 10.8 Å². The van der Waals surface area contributed by atoms with Crippen molar-refractivity contribution in [3.05, 3.63) is 89.5 Å². The van der Waals surface area contributed by atoms with Crippen LogP contribution in [0.3, 0.4) is 0 Å². The van der Waals surface area contributed by atoms with E-state index >= 15 is 0 Å². The Bertz CT molecular complexity index is 1110. The van der Waals surface area contributed by atoms with Gasteiger partial charge in [0.05, 0.1) is 4.90 Å². The molecule has 0 saturated heterocycles. The van der Waals surface area contributed by atoms with E-state index in [1.54, 1.807) is 55.5 Å². The number of rotatable bonds is 8. The number of carbonyl (C=O) groups is 1. The van der Waals surface area contributed by atoms with Crippen LogP contribution >= 0.6 is 0 Å². The third-order valence-corrected chi connectivity index (χ3v) is 6.20. The van der Waals surface area contributed by atoms with E-state index in [1.807, 2.05) is 18.2 Å². The van der Waals surface area contributed by atoms with Gasteiger partial charge in [-0.25, -0.2) is 8.42 Å². The molecule has 0 fully saturated rings. The van der Waals surface area contributed by atoms with E-state index < -0.39 is 10.0 Å². The number of carbonyl (C=O) groups excluding carboxylic acids is 1. The van der Waals surface area contributed by atoms with Crippen LogP contribution in [-0.4, -0.2) is 14.3 Å². The van der Waals surface area contributed by atoms with E-state index in [2.05, 4.69) is 17.0 Å². The van der Waals surface area contributed by atoms with Crippen LogP contribution in [0, 0.1) is 6.92 Å². The Morgan fingerprint density at radius 1 is 0.933 bits per heavy atom. The average Bonchev–Trinajstić information content (AvgIpc) is 2.75. The fourth-order valence-corrected chi connectivity index (χ4v) is 4.21. The Kier molecular flexibility index (Phi) is 6.90. The molecule has 156 valence electrons. The van der Waals surface area contributed by atoms with E-state index in [4.69, 9.17) is 0 Å². The molecule has 0 radical (unpaired) electrons. The lowest BCUT2D eigenvalue weighted by Gasteiger charge is -2.12. The van der Waals surface area contributed by atoms with Gasteiger partial charge in [-0.05, 0) is 73.4 Å². The van der Waals surface area contributed by atoms with Gasteiger partial charge in [0.2, 0.25) is 0 Å². The van der Waals surface area contributed by atoms with Crippen LogP contribution in [0.25, 0.3) is 0 Å². The number of nitrogens with one attached hydrogen (secondary N) is 2. The minimum absolute atomic E-state index is 0.146. The zero-order valence-electron chi connectivity index (χ0n) is 17.2. The van der Waals surface area contributed by atoms with Crippen LogP contribution < -0.4 is 10.0 Å². The van der Waals surface area contributed by atoms with E-state index in [1.165, 1.54) is 11.6 Å². The van der Waals surface area contributed by atoms with Crippen LogP contribution in [0.15, 0.2) is 77.7 Å². The fraction of sp³-hybridized carbons (Fsp3) is 0.208. The summed E-state index contributed by atoms with van der Waals surface area (Å²) >= 11 is 0. The predicted octanol–water partition coefficient (Wildman–Crippen LogP) is 5.39. The molecular weight excluding hydrogens is 396 g/mol. The molecule has 0 aliphatic heterocycles. The molecule has 3 aromatic rings. The van der Waals surface area contributed by atoms with Crippen molar-refractivity contribution in [3.63, 3.8) is 0 Å². The standard InChI is InChI=1S/C24H26N2O3S/c1-3-4-8-19-11-13-21(14-12-19)26-30(28,29)22-15-16-23(18(2)17-22)25-24(27)20-9-6-5-7-10-20/h5-7,9-17,26H,3-4,8H2,1-2H3,(H,25,27). The SMILES string of the molecule is CCCCc1ccc(NS(=O)(=O)c2ccc(NC(=O)c3ccccc3)c(C)c2)cc1. The Balaban J connectivity index is 1.72. The van der Waals surface area contributed by atoms with Crippen molar-refractivity contribution < 1.29 is 13.2 Å². The summed E-state index contributed by atoms with van der Waals surface area (Å²) in [5.74, 6) is -0.240. The molecule has 0 atom stereocenters. The molecule has 0 saturated carbocycles. The smallest absolute Gasteiger partial charge is 0.261 e. The molecular formula is C24H26N2O3S. The van der Waals surface area contributed by atoms with Gasteiger partial charge in [-0.2, -0.15) is 0 Å². The monoisotopic (exact) mass is 422 g/mol. The van der Waals surface area contributed by atoms with Gasteiger partial charge < -0.3 is 5.32 Å². The molecule has 30 heavy (non-hydrogen) atoms. The summed E-state index contributed by atoms with van der Waals surface area (Å²) in [6.07, 6.45) is 3.21. The highest BCUT2D eigenvalue weighted by atomic mass is 32.2. The molecule has 6 heteroatoms. The summed E-state index contributed by atoms with van der Waals surface area (Å²) in [6, 6.07) is 21.0. The molecule has 3 aromatic carbocycles. The van der Waals surface area contributed by atoms with Gasteiger partial charge in [0.1, 0.15) is 0 Å². The van der Waals surface area contributed by atoms with E-state index in [0.717, 1.165) is 19.3 Å². The quantitative estimate of drug-likeness (QED) is 0.511. The molecule has 0 aliphatic carbocycles. The summed E-state index contributed by atoms with van der Waals surface area (Å²) in [6.45, 7) is 3.91. The zero-order valence-corrected chi connectivity index (χ0v) is 18.0. The van der Waals surface area contributed by atoms with Crippen LogP contribution in [0.4, 0.5) is 11.4 Å². The third kappa shape index (κ3) is 5.48. The highest BCUT2D eigenvalue weighted by Crippen LogP contribution is 2.23. The zero-order chi connectivity index (χ0) is 21.6. The van der Waals surface area contributed by atoms with Crippen molar-refractivity contribution in [1.82, 2.24) is 0 Å². The molecule has 0 aliphatic rings. The average molecular weight is 423 g/mol. The first-order valence-corrected chi connectivity index (χ1v) is 11.5. The number of sulfonamides is 1. The lowest BCUT2D eigenvalue weighted by Crippen LogP contribution is -2.15. The molecule has 0 aromatic heterocycles. The van der Waals surface area contributed by atoms with E-state index in [9.17, 15) is 13.2 Å². The van der Waals surface area contributed by atoms with Crippen molar-refractivity contribution in [2.24, 2.45) is 0 Å². The minimum atomic E-state index is -3.73. The lowest BCUT2D eigenvalue weighted by atomic mass is 10.1. The van der Waals surface area contributed by atoms with Gasteiger partial charge in [0.25, 0.3) is 15.9 Å².